The summed E-state index contributed by atoms with van der Waals surface area (Å²) in [5.41, 5.74) is 6.25. The third-order valence-electron chi connectivity index (χ3n) is 3.33. The number of nitrogens with two attached hydrogens (primary N) is 1. The molecule has 3 N–H and O–H groups in total. The van der Waals surface area contributed by atoms with Crippen molar-refractivity contribution in [2.75, 3.05) is 0 Å². The van der Waals surface area contributed by atoms with E-state index in [0.29, 0.717) is 0 Å². The van der Waals surface area contributed by atoms with Crippen molar-refractivity contribution in [1.82, 2.24) is 0 Å². The van der Waals surface area contributed by atoms with E-state index < -0.39 is 23.9 Å². The van der Waals surface area contributed by atoms with Crippen LogP contribution in [0.1, 0.15) is 22.7 Å². The minimum Gasteiger partial charge on any atom is -0.391 e. The van der Waals surface area contributed by atoms with Crippen LogP contribution in [0.15, 0.2) is 53.0 Å². The van der Waals surface area contributed by atoms with Gasteiger partial charge < -0.3 is 10.8 Å². The van der Waals surface area contributed by atoms with Crippen molar-refractivity contribution < 1.29 is 18.3 Å². The van der Waals surface area contributed by atoms with Gasteiger partial charge in [0.15, 0.2) is 0 Å². The Bertz CT molecular complexity index is 637. The van der Waals surface area contributed by atoms with Crippen molar-refractivity contribution >= 4 is 28.3 Å². The van der Waals surface area contributed by atoms with Crippen molar-refractivity contribution in [2.45, 2.75) is 24.7 Å². The van der Waals surface area contributed by atoms with Gasteiger partial charge in [0.05, 0.1) is 17.7 Å². The van der Waals surface area contributed by atoms with E-state index in [1.54, 1.807) is 0 Å². The maximum atomic E-state index is 12.8. The lowest BCUT2D eigenvalue weighted by molar-refractivity contribution is -0.137. The molecule has 2 nitrogen and oxygen atoms in total. The van der Waals surface area contributed by atoms with Gasteiger partial charge in [0, 0.05) is 10.9 Å². The predicted molar refractivity (Wildman–Crippen MR) is 89.5 cm³/mol. The zero-order chi connectivity index (χ0) is 16.3. The third kappa shape index (κ3) is 5.49. The van der Waals surface area contributed by atoms with Gasteiger partial charge in [0.25, 0.3) is 0 Å². The van der Waals surface area contributed by atoms with E-state index in [1.165, 1.54) is 6.07 Å². The summed E-state index contributed by atoms with van der Waals surface area (Å²) in [5, 5.41) is 10.2. The standard InChI is InChI=1S/C16H15BrF3NO.ClH/c17-13-8-11(7-12(9-13)16(18,19)20)15(21)14(22)6-10-4-2-1-3-5-10;/h1-5,7-9,14-15,22H,6,21H2;1H/t14-,15+;/m1./s1. The average Bonchev–Trinajstić information content (AvgIpc) is 2.46. The molecule has 0 aromatic heterocycles. The molecule has 0 saturated heterocycles. The molecule has 126 valence electrons. The number of hydrogen-bond donors (Lipinski definition) is 2. The zero-order valence-corrected chi connectivity index (χ0v) is 14.3. The highest BCUT2D eigenvalue weighted by molar-refractivity contribution is 9.10. The van der Waals surface area contributed by atoms with Gasteiger partial charge in [0.2, 0.25) is 0 Å². The monoisotopic (exact) mass is 409 g/mol. The molecule has 0 aliphatic heterocycles. The minimum absolute atomic E-state index is 0. The second-order valence-electron chi connectivity index (χ2n) is 5.05. The van der Waals surface area contributed by atoms with Crippen LogP contribution in [0.5, 0.6) is 0 Å². The van der Waals surface area contributed by atoms with E-state index in [4.69, 9.17) is 5.73 Å². The fourth-order valence-electron chi connectivity index (χ4n) is 2.17. The molecule has 2 atom stereocenters. The lowest BCUT2D eigenvalue weighted by Crippen LogP contribution is -2.28. The van der Waals surface area contributed by atoms with Gasteiger partial charge in [-0.15, -0.1) is 12.4 Å². The van der Waals surface area contributed by atoms with E-state index >= 15 is 0 Å². The molecule has 23 heavy (non-hydrogen) atoms. The molecule has 2 aromatic rings. The summed E-state index contributed by atoms with van der Waals surface area (Å²) < 4.78 is 38.8. The Kier molecular flexibility index (Phi) is 7.07. The van der Waals surface area contributed by atoms with Gasteiger partial charge in [-0.05, 0) is 29.3 Å². The van der Waals surface area contributed by atoms with Crippen molar-refractivity contribution in [3.63, 3.8) is 0 Å². The van der Waals surface area contributed by atoms with Gasteiger partial charge >= 0.3 is 6.18 Å². The zero-order valence-electron chi connectivity index (χ0n) is 11.9. The Balaban J connectivity index is 0.00000264. The number of alkyl halides is 3. The topological polar surface area (TPSA) is 46.2 Å². The van der Waals surface area contributed by atoms with Crippen LogP contribution in [0.3, 0.4) is 0 Å². The van der Waals surface area contributed by atoms with E-state index in [-0.39, 0.29) is 28.9 Å². The molecule has 0 aliphatic rings. The molecule has 2 aromatic carbocycles. The number of aliphatic hydroxyl groups excluding tert-OH is 1. The maximum Gasteiger partial charge on any atom is 0.416 e. The highest BCUT2D eigenvalue weighted by Crippen LogP contribution is 2.33. The van der Waals surface area contributed by atoms with E-state index in [0.717, 1.165) is 17.7 Å². The lowest BCUT2D eigenvalue weighted by atomic mass is 9.95. The number of hydrogen-bond acceptors (Lipinski definition) is 2. The van der Waals surface area contributed by atoms with Crippen LogP contribution in [0, 0.1) is 0 Å². The quantitative estimate of drug-likeness (QED) is 0.780. The second-order valence-corrected chi connectivity index (χ2v) is 5.97. The Labute approximate surface area is 147 Å². The number of halogens is 5. The smallest absolute Gasteiger partial charge is 0.391 e. The summed E-state index contributed by atoms with van der Waals surface area (Å²) in [6, 6.07) is 11.7. The molecule has 0 fully saturated rings. The largest absolute Gasteiger partial charge is 0.416 e. The molecular weight excluding hydrogens is 395 g/mol. The van der Waals surface area contributed by atoms with Crippen LogP contribution in [0.25, 0.3) is 0 Å². The fourth-order valence-corrected chi connectivity index (χ4v) is 2.68. The first-order valence-corrected chi connectivity index (χ1v) is 7.42. The van der Waals surface area contributed by atoms with Crippen molar-refractivity contribution in [2.24, 2.45) is 5.73 Å². The lowest BCUT2D eigenvalue weighted by Gasteiger charge is -2.21. The first-order valence-electron chi connectivity index (χ1n) is 6.62. The number of aliphatic hydroxyl groups is 1. The predicted octanol–water partition coefficient (Wildman–Crippen LogP) is 4.49. The van der Waals surface area contributed by atoms with Gasteiger partial charge in [-0.3, -0.25) is 0 Å². The van der Waals surface area contributed by atoms with Crippen molar-refractivity contribution in [3.05, 3.63) is 69.7 Å². The fraction of sp³-hybridized carbons (Fsp3) is 0.250. The SMILES string of the molecule is Cl.N[C@@H](c1cc(Br)cc(C(F)(F)F)c1)[C@H](O)Cc1ccccc1. The number of rotatable bonds is 4. The molecular formula is C16H16BrClF3NO. The minimum atomic E-state index is -4.46. The molecule has 2 rings (SSSR count). The summed E-state index contributed by atoms with van der Waals surface area (Å²) >= 11 is 3.05. The van der Waals surface area contributed by atoms with Crippen LogP contribution in [-0.2, 0) is 12.6 Å². The average molecular weight is 411 g/mol. The first kappa shape index (κ1) is 20.0. The molecule has 7 heteroatoms. The molecule has 0 bridgehead atoms. The van der Waals surface area contributed by atoms with Gasteiger partial charge in [0.1, 0.15) is 0 Å². The summed E-state index contributed by atoms with van der Waals surface area (Å²) in [4.78, 5) is 0. The van der Waals surface area contributed by atoms with Gasteiger partial charge in [-0.1, -0.05) is 46.3 Å². The highest BCUT2D eigenvalue weighted by Gasteiger charge is 2.32. The molecule has 0 saturated carbocycles. The summed E-state index contributed by atoms with van der Waals surface area (Å²) in [6.45, 7) is 0. The Morgan fingerprint density at radius 2 is 1.70 bits per heavy atom. The Hall–Kier alpha value is -1.08. The van der Waals surface area contributed by atoms with E-state index in [9.17, 15) is 18.3 Å². The molecule has 0 heterocycles. The highest BCUT2D eigenvalue weighted by atomic mass is 79.9. The van der Waals surface area contributed by atoms with E-state index in [2.05, 4.69) is 15.9 Å². The Morgan fingerprint density at radius 1 is 1.09 bits per heavy atom. The molecule has 0 radical (unpaired) electrons. The summed E-state index contributed by atoms with van der Waals surface area (Å²) in [5.74, 6) is 0. The van der Waals surface area contributed by atoms with E-state index in [1.807, 2.05) is 30.3 Å². The van der Waals surface area contributed by atoms with Crippen LogP contribution in [0.4, 0.5) is 13.2 Å². The molecule has 0 spiro atoms. The second kappa shape index (κ2) is 8.15. The van der Waals surface area contributed by atoms with Crippen LogP contribution in [-0.4, -0.2) is 11.2 Å². The maximum absolute atomic E-state index is 12.8. The summed E-state index contributed by atoms with van der Waals surface area (Å²) in [7, 11) is 0. The Morgan fingerprint density at radius 3 is 2.26 bits per heavy atom. The normalized spacial score (nSPS) is 14.0. The van der Waals surface area contributed by atoms with Crippen LogP contribution < -0.4 is 5.73 Å². The summed E-state index contributed by atoms with van der Waals surface area (Å²) in [6.07, 6.45) is -5.16. The van der Waals surface area contributed by atoms with Crippen LogP contribution in [0.2, 0.25) is 0 Å². The molecule has 0 amide bonds. The number of benzene rings is 2. The van der Waals surface area contributed by atoms with Crippen molar-refractivity contribution in [3.8, 4) is 0 Å². The van der Waals surface area contributed by atoms with Crippen LogP contribution >= 0.6 is 28.3 Å². The van der Waals surface area contributed by atoms with Crippen molar-refractivity contribution in [1.29, 1.82) is 0 Å². The van der Waals surface area contributed by atoms with Gasteiger partial charge in [-0.25, -0.2) is 0 Å². The molecule has 0 aliphatic carbocycles. The third-order valence-corrected chi connectivity index (χ3v) is 3.79. The molecule has 0 unspecified atom stereocenters. The first-order chi connectivity index (χ1) is 10.3. The van der Waals surface area contributed by atoms with Gasteiger partial charge in [-0.2, -0.15) is 13.2 Å².